The van der Waals surface area contributed by atoms with Crippen LogP contribution in [0.3, 0.4) is 0 Å². The van der Waals surface area contributed by atoms with Gasteiger partial charge in [0.05, 0.1) is 23.2 Å². The number of nitro benzene ring substituents is 1. The second-order valence-electron chi connectivity index (χ2n) is 3.30. The lowest BCUT2D eigenvalue weighted by Crippen LogP contribution is -2.02. The van der Waals surface area contributed by atoms with Crippen LogP contribution in [-0.2, 0) is 0 Å². The molecule has 0 atom stereocenters. The van der Waals surface area contributed by atoms with Crippen molar-refractivity contribution in [3.8, 4) is 11.8 Å². The molecule has 0 aromatic heterocycles. The van der Waals surface area contributed by atoms with Crippen molar-refractivity contribution in [3.63, 3.8) is 0 Å². The minimum absolute atomic E-state index is 0.0926. The summed E-state index contributed by atoms with van der Waals surface area (Å²) in [4.78, 5) is 10.3. The summed E-state index contributed by atoms with van der Waals surface area (Å²) in [5.74, 6) is 0.200. The SMILES string of the molecule is CCCOc1c([N+](=O)[O-])ccc(C#N)c1C. The average molecular weight is 220 g/mol. The fraction of sp³-hybridized carbons (Fsp3) is 0.364. The fourth-order valence-corrected chi connectivity index (χ4v) is 1.33. The van der Waals surface area contributed by atoms with Crippen LogP contribution < -0.4 is 4.74 Å². The van der Waals surface area contributed by atoms with Crippen molar-refractivity contribution in [1.82, 2.24) is 0 Å². The van der Waals surface area contributed by atoms with Gasteiger partial charge < -0.3 is 4.74 Å². The van der Waals surface area contributed by atoms with Crippen LogP contribution in [0.2, 0.25) is 0 Å². The highest BCUT2D eigenvalue weighted by atomic mass is 16.6. The normalized spacial score (nSPS) is 9.56. The Morgan fingerprint density at radius 1 is 1.56 bits per heavy atom. The Bertz CT molecular complexity index is 449. The molecule has 1 aromatic rings. The molecule has 1 rings (SSSR count). The van der Waals surface area contributed by atoms with E-state index in [0.717, 1.165) is 6.42 Å². The maximum Gasteiger partial charge on any atom is 0.311 e. The van der Waals surface area contributed by atoms with Crippen LogP contribution in [0.15, 0.2) is 12.1 Å². The van der Waals surface area contributed by atoms with Gasteiger partial charge in [0.2, 0.25) is 5.75 Å². The van der Waals surface area contributed by atoms with Gasteiger partial charge in [-0.2, -0.15) is 5.26 Å². The summed E-state index contributed by atoms with van der Waals surface area (Å²) in [7, 11) is 0. The van der Waals surface area contributed by atoms with Crippen LogP contribution in [0, 0.1) is 28.4 Å². The highest BCUT2D eigenvalue weighted by molar-refractivity contribution is 5.57. The van der Waals surface area contributed by atoms with E-state index in [1.54, 1.807) is 6.92 Å². The van der Waals surface area contributed by atoms with E-state index in [-0.39, 0.29) is 11.4 Å². The smallest absolute Gasteiger partial charge is 0.311 e. The zero-order chi connectivity index (χ0) is 12.1. The second kappa shape index (κ2) is 5.12. The molecule has 0 amide bonds. The molecule has 0 saturated heterocycles. The quantitative estimate of drug-likeness (QED) is 0.577. The molecule has 0 aliphatic carbocycles. The summed E-state index contributed by atoms with van der Waals surface area (Å²) in [5.41, 5.74) is 0.826. The molecule has 0 unspecified atom stereocenters. The van der Waals surface area contributed by atoms with E-state index < -0.39 is 4.92 Å². The summed E-state index contributed by atoms with van der Waals surface area (Å²) in [6.07, 6.45) is 0.757. The van der Waals surface area contributed by atoms with Crippen molar-refractivity contribution in [2.75, 3.05) is 6.61 Å². The Labute approximate surface area is 93.4 Å². The Balaban J connectivity index is 3.26. The topological polar surface area (TPSA) is 76.2 Å². The third kappa shape index (κ3) is 2.28. The summed E-state index contributed by atoms with van der Waals surface area (Å²) in [6.45, 7) is 3.96. The predicted molar refractivity (Wildman–Crippen MR) is 58.3 cm³/mol. The number of nitro groups is 1. The van der Waals surface area contributed by atoms with Gasteiger partial charge in [0.15, 0.2) is 0 Å². The molecule has 16 heavy (non-hydrogen) atoms. The molecule has 0 bridgehead atoms. The van der Waals surface area contributed by atoms with Gasteiger partial charge >= 0.3 is 5.69 Å². The number of nitrogens with zero attached hydrogens (tertiary/aromatic N) is 2. The van der Waals surface area contributed by atoms with E-state index in [4.69, 9.17) is 10.00 Å². The maximum atomic E-state index is 10.8. The van der Waals surface area contributed by atoms with Gasteiger partial charge in [-0.15, -0.1) is 0 Å². The molecule has 0 heterocycles. The van der Waals surface area contributed by atoms with Crippen LogP contribution in [0.25, 0.3) is 0 Å². The number of ether oxygens (including phenoxy) is 1. The van der Waals surface area contributed by atoms with Crippen molar-refractivity contribution < 1.29 is 9.66 Å². The van der Waals surface area contributed by atoms with Crippen LogP contribution >= 0.6 is 0 Å². The van der Waals surface area contributed by atoms with Gasteiger partial charge in [-0.3, -0.25) is 10.1 Å². The molecule has 0 spiro atoms. The van der Waals surface area contributed by atoms with Gasteiger partial charge in [-0.1, -0.05) is 6.92 Å². The van der Waals surface area contributed by atoms with Crippen molar-refractivity contribution in [3.05, 3.63) is 33.4 Å². The fourth-order valence-electron chi connectivity index (χ4n) is 1.33. The van der Waals surface area contributed by atoms with Crippen molar-refractivity contribution in [1.29, 1.82) is 5.26 Å². The largest absolute Gasteiger partial charge is 0.487 e. The molecular weight excluding hydrogens is 208 g/mol. The summed E-state index contributed by atoms with van der Waals surface area (Å²) >= 11 is 0. The monoisotopic (exact) mass is 220 g/mol. The second-order valence-corrected chi connectivity index (χ2v) is 3.30. The Morgan fingerprint density at radius 2 is 2.25 bits per heavy atom. The minimum Gasteiger partial charge on any atom is -0.487 e. The maximum absolute atomic E-state index is 10.8. The molecule has 0 radical (unpaired) electrons. The molecule has 0 aliphatic heterocycles. The first-order valence-corrected chi connectivity index (χ1v) is 4.92. The lowest BCUT2D eigenvalue weighted by molar-refractivity contribution is -0.385. The van der Waals surface area contributed by atoms with E-state index in [0.29, 0.717) is 17.7 Å². The number of benzene rings is 1. The molecule has 5 nitrogen and oxygen atoms in total. The number of nitriles is 1. The lowest BCUT2D eigenvalue weighted by atomic mass is 10.1. The van der Waals surface area contributed by atoms with Gasteiger partial charge in [0, 0.05) is 11.6 Å². The van der Waals surface area contributed by atoms with E-state index in [1.807, 2.05) is 13.0 Å². The summed E-state index contributed by atoms with van der Waals surface area (Å²) < 4.78 is 5.33. The first-order valence-electron chi connectivity index (χ1n) is 4.92. The van der Waals surface area contributed by atoms with E-state index in [9.17, 15) is 10.1 Å². The number of rotatable bonds is 4. The zero-order valence-electron chi connectivity index (χ0n) is 9.19. The molecule has 0 N–H and O–H groups in total. The minimum atomic E-state index is -0.501. The highest BCUT2D eigenvalue weighted by Crippen LogP contribution is 2.32. The highest BCUT2D eigenvalue weighted by Gasteiger charge is 2.19. The predicted octanol–water partition coefficient (Wildman–Crippen LogP) is 2.56. The van der Waals surface area contributed by atoms with E-state index in [1.165, 1.54) is 12.1 Å². The lowest BCUT2D eigenvalue weighted by Gasteiger charge is -2.09. The first kappa shape index (κ1) is 12.0. The summed E-state index contributed by atoms with van der Waals surface area (Å²) in [5, 5.41) is 19.6. The van der Waals surface area contributed by atoms with Crippen LogP contribution in [0.5, 0.6) is 5.75 Å². The van der Waals surface area contributed by atoms with Crippen LogP contribution in [0.4, 0.5) is 5.69 Å². The molecule has 0 aliphatic rings. The van der Waals surface area contributed by atoms with Gasteiger partial charge in [0.1, 0.15) is 0 Å². The van der Waals surface area contributed by atoms with Crippen molar-refractivity contribution in [2.24, 2.45) is 0 Å². The third-order valence-electron chi connectivity index (χ3n) is 2.15. The average Bonchev–Trinajstić information content (AvgIpc) is 2.26. The number of hydrogen-bond donors (Lipinski definition) is 0. The van der Waals surface area contributed by atoms with Crippen LogP contribution in [-0.4, -0.2) is 11.5 Å². The Kier molecular flexibility index (Phi) is 3.84. The van der Waals surface area contributed by atoms with E-state index in [2.05, 4.69) is 0 Å². The van der Waals surface area contributed by atoms with Gasteiger partial charge in [-0.05, 0) is 19.4 Å². The molecule has 1 aromatic carbocycles. The van der Waals surface area contributed by atoms with Crippen molar-refractivity contribution >= 4 is 5.69 Å². The Morgan fingerprint density at radius 3 is 2.75 bits per heavy atom. The number of hydrogen-bond acceptors (Lipinski definition) is 4. The standard InChI is InChI=1S/C11H12N2O3/c1-3-6-16-11-8(2)9(7-12)4-5-10(11)13(14)15/h4-5H,3,6H2,1-2H3. The molecule has 84 valence electrons. The molecule has 0 saturated carbocycles. The van der Waals surface area contributed by atoms with E-state index >= 15 is 0 Å². The molecular formula is C11H12N2O3. The van der Waals surface area contributed by atoms with Gasteiger partial charge in [0.25, 0.3) is 0 Å². The molecule has 0 fully saturated rings. The first-order chi connectivity index (χ1) is 7.61. The summed E-state index contributed by atoms with van der Waals surface area (Å²) in [6, 6.07) is 4.71. The third-order valence-corrected chi connectivity index (χ3v) is 2.15. The van der Waals surface area contributed by atoms with Crippen LogP contribution in [0.1, 0.15) is 24.5 Å². The Hall–Kier alpha value is -2.09. The zero-order valence-corrected chi connectivity index (χ0v) is 9.19. The van der Waals surface area contributed by atoms with Crippen molar-refractivity contribution in [2.45, 2.75) is 20.3 Å². The van der Waals surface area contributed by atoms with Gasteiger partial charge in [-0.25, -0.2) is 0 Å². The molecule has 5 heteroatoms.